The molecule has 0 radical (unpaired) electrons. The molecule has 2 aromatic rings. The molecule has 2 N–H and O–H groups in total. The Morgan fingerprint density at radius 2 is 1.90 bits per heavy atom. The van der Waals surface area contributed by atoms with Crippen LogP contribution in [0.3, 0.4) is 0 Å². The largest absolute Gasteiger partial charge is 0.493 e. The van der Waals surface area contributed by atoms with E-state index in [2.05, 4.69) is 16.7 Å². The number of rotatable bonds is 5. The fraction of sp³-hybridized carbons (Fsp3) is 0.304. The molecule has 30 heavy (non-hydrogen) atoms. The highest BCUT2D eigenvalue weighted by Crippen LogP contribution is 2.37. The van der Waals surface area contributed by atoms with Crippen molar-refractivity contribution in [3.63, 3.8) is 0 Å². The Kier molecular flexibility index (Phi) is 6.23. The van der Waals surface area contributed by atoms with Crippen LogP contribution >= 0.6 is 11.6 Å². The van der Waals surface area contributed by atoms with Crippen molar-refractivity contribution in [2.45, 2.75) is 33.4 Å². The molecule has 156 valence electrons. The minimum atomic E-state index is -0.579. The first-order valence-electron chi connectivity index (χ1n) is 9.51. The summed E-state index contributed by atoms with van der Waals surface area (Å²) in [6, 6.07) is 14.1. The van der Waals surface area contributed by atoms with E-state index in [9.17, 15) is 10.1 Å². The standard InChI is InChI=1S/C23H24ClN3O3/c1-23(2,3)21-16(12-25)20(26-22(28)27-21)14-9-10-18(19(11-14)29-4)30-13-15-7-5-6-8-17(15)24/h5-11,20H,13H2,1-4H3,(H2,26,27,28)/t20-/m1/s1. The summed E-state index contributed by atoms with van der Waals surface area (Å²) in [5.41, 5.74) is 2.28. The smallest absolute Gasteiger partial charge is 0.319 e. The number of ether oxygens (including phenoxy) is 2. The predicted octanol–water partition coefficient (Wildman–Crippen LogP) is 5.11. The van der Waals surface area contributed by atoms with Gasteiger partial charge >= 0.3 is 6.03 Å². The Labute approximate surface area is 181 Å². The molecule has 6 nitrogen and oxygen atoms in total. The highest BCUT2D eigenvalue weighted by atomic mass is 35.5. The van der Waals surface area contributed by atoms with E-state index in [1.165, 1.54) is 0 Å². The van der Waals surface area contributed by atoms with Crippen LogP contribution in [0.15, 0.2) is 53.7 Å². The van der Waals surface area contributed by atoms with Gasteiger partial charge in [-0.2, -0.15) is 5.26 Å². The molecule has 1 atom stereocenters. The van der Waals surface area contributed by atoms with E-state index in [4.69, 9.17) is 21.1 Å². The molecule has 1 aliphatic rings. The number of hydrogen-bond acceptors (Lipinski definition) is 4. The third-order valence-electron chi connectivity index (χ3n) is 4.80. The maximum absolute atomic E-state index is 12.2. The monoisotopic (exact) mass is 425 g/mol. The molecular weight excluding hydrogens is 402 g/mol. The number of nitriles is 1. The Morgan fingerprint density at radius 3 is 2.53 bits per heavy atom. The minimum absolute atomic E-state index is 0.289. The van der Waals surface area contributed by atoms with Gasteiger partial charge in [0.2, 0.25) is 0 Å². The first kappa shape index (κ1) is 21.5. The van der Waals surface area contributed by atoms with E-state index in [0.29, 0.717) is 27.8 Å². The third-order valence-corrected chi connectivity index (χ3v) is 5.17. The van der Waals surface area contributed by atoms with Gasteiger partial charge in [0.05, 0.1) is 24.8 Å². The van der Waals surface area contributed by atoms with Crippen molar-refractivity contribution >= 4 is 17.6 Å². The van der Waals surface area contributed by atoms with Gasteiger partial charge in [-0.1, -0.05) is 56.6 Å². The van der Waals surface area contributed by atoms with Crippen LogP contribution in [-0.2, 0) is 6.61 Å². The normalized spacial score (nSPS) is 16.4. The van der Waals surface area contributed by atoms with E-state index >= 15 is 0 Å². The Hall–Kier alpha value is -3.17. The van der Waals surface area contributed by atoms with Gasteiger partial charge in [0.15, 0.2) is 11.5 Å². The summed E-state index contributed by atoms with van der Waals surface area (Å²) in [4.78, 5) is 12.2. The molecular formula is C23H24ClN3O3. The van der Waals surface area contributed by atoms with Crippen LogP contribution in [0, 0.1) is 16.7 Å². The fourth-order valence-electron chi connectivity index (χ4n) is 3.28. The number of carbonyl (C=O) groups is 1. The van der Waals surface area contributed by atoms with Crippen LogP contribution in [0.25, 0.3) is 0 Å². The zero-order valence-electron chi connectivity index (χ0n) is 17.4. The third kappa shape index (κ3) is 4.52. The molecule has 0 bridgehead atoms. The van der Waals surface area contributed by atoms with Crippen molar-refractivity contribution in [2.24, 2.45) is 5.41 Å². The minimum Gasteiger partial charge on any atom is -0.493 e. The predicted molar refractivity (Wildman–Crippen MR) is 115 cm³/mol. The van der Waals surface area contributed by atoms with Gasteiger partial charge in [-0.15, -0.1) is 0 Å². The highest BCUT2D eigenvalue weighted by molar-refractivity contribution is 6.31. The van der Waals surface area contributed by atoms with E-state index < -0.39 is 6.04 Å². The lowest BCUT2D eigenvalue weighted by Crippen LogP contribution is -2.46. The Bertz CT molecular complexity index is 1030. The fourth-order valence-corrected chi connectivity index (χ4v) is 3.47. The maximum Gasteiger partial charge on any atom is 0.319 e. The maximum atomic E-state index is 12.2. The topological polar surface area (TPSA) is 83.4 Å². The first-order chi connectivity index (χ1) is 14.2. The van der Waals surface area contributed by atoms with Gasteiger partial charge in [0, 0.05) is 21.7 Å². The van der Waals surface area contributed by atoms with Gasteiger partial charge in [0.1, 0.15) is 6.61 Å². The van der Waals surface area contributed by atoms with Gasteiger partial charge < -0.3 is 20.1 Å². The molecule has 1 heterocycles. The number of nitrogens with one attached hydrogen (secondary N) is 2. The van der Waals surface area contributed by atoms with Crippen molar-refractivity contribution in [2.75, 3.05) is 7.11 Å². The average molecular weight is 426 g/mol. The Morgan fingerprint density at radius 1 is 1.17 bits per heavy atom. The number of hydrogen-bond donors (Lipinski definition) is 2. The van der Waals surface area contributed by atoms with Crippen molar-refractivity contribution in [3.05, 3.63) is 69.9 Å². The summed E-state index contributed by atoms with van der Waals surface area (Å²) < 4.78 is 11.4. The molecule has 1 aliphatic heterocycles. The summed E-state index contributed by atoms with van der Waals surface area (Å²) in [6.07, 6.45) is 0. The van der Waals surface area contributed by atoms with E-state index in [0.717, 1.165) is 11.1 Å². The van der Waals surface area contributed by atoms with Crippen LogP contribution in [0.4, 0.5) is 4.79 Å². The van der Waals surface area contributed by atoms with E-state index in [-0.39, 0.29) is 18.1 Å². The summed E-state index contributed by atoms with van der Waals surface area (Å²) >= 11 is 6.19. The lowest BCUT2D eigenvalue weighted by molar-refractivity contribution is 0.235. The van der Waals surface area contributed by atoms with Crippen molar-refractivity contribution in [1.29, 1.82) is 5.26 Å². The van der Waals surface area contributed by atoms with Crippen LogP contribution < -0.4 is 20.1 Å². The van der Waals surface area contributed by atoms with Gasteiger partial charge in [-0.05, 0) is 23.8 Å². The molecule has 0 spiro atoms. The number of urea groups is 1. The lowest BCUT2D eigenvalue weighted by Gasteiger charge is -2.33. The van der Waals surface area contributed by atoms with E-state index in [1.54, 1.807) is 19.2 Å². The van der Waals surface area contributed by atoms with Gasteiger partial charge in [0.25, 0.3) is 0 Å². The van der Waals surface area contributed by atoms with Crippen LogP contribution in [-0.4, -0.2) is 13.1 Å². The van der Waals surface area contributed by atoms with Crippen molar-refractivity contribution in [1.82, 2.24) is 10.6 Å². The number of nitrogens with zero attached hydrogens (tertiary/aromatic N) is 1. The lowest BCUT2D eigenvalue weighted by atomic mass is 9.84. The van der Waals surface area contributed by atoms with Gasteiger partial charge in [-0.3, -0.25) is 0 Å². The number of benzene rings is 2. The molecule has 7 heteroatoms. The number of amides is 2. The summed E-state index contributed by atoms with van der Waals surface area (Å²) in [7, 11) is 1.55. The van der Waals surface area contributed by atoms with E-state index in [1.807, 2.05) is 51.1 Å². The molecule has 0 aliphatic carbocycles. The number of allylic oxidation sites excluding steroid dienone is 1. The highest BCUT2D eigenvalue weighted by Gasteiger charge is 2.34. The van der Waals surface area contributed by atoms with Gasteiger partial charge in [-0.25, -0.2) is 4.79 Å². The van der Waals surface area contributed by atoms with Crippen molar-refractivity contribution in [3.8, 4) is 17.6 Å². The molecule has 0 fully saturated rings. The first-order valence-corrected chi connectivity index (χ1v) is 9.88. The molecule has 0 saturated heterocycles. The second-order valence-corrected chi connectivity index (χ2v) is 8.38. The molecule has 0 saturated carbocycles. The molecule has 3 rings (SSSR count). The van der Waals surface area contributed by atoms with Crippen LogP contribution in [0.1, 0.15) is 37.9 Å². The summed E-state index contributed by atoms with van der Waals surface area (Å²) in [5, 5.41) is 16.0. The van der Waals surface area contributed by atoms with Crippen LogP contribution in [0.5, 0.6) is 11.5 Å². The van der Waals surface area contributed by atoms with Crippen LogP contribution in [0.2, 0.25) is 5.02 Å². The molecule has 0 unspecified atom stereocenters. The number of carbonyl (C=O) groups excluding carboxylic acids is 1. The molecule has 0 aromatic heterocycles. The second-order valence-electron chi connectivity index (χ2n) is 7.97. The summed E-state index contributed by atoms with van der Waals surface area (Å²) in [5.74, 6) is 1.04. The quantitative estimate of drug-likeness (QED) is 0.697. The summed E-state index contributed by atoms with van der Waals surface area (Å²) in [6.45, 7) is 6.15. The molecule has 2 amide bonds. The van der Waals surface area contributed by atoms with Crippen molar-refractivity contribution < 1.29 is 14.3 Å². The SMILES string of the molecule is COc1cc([C@H]2NC(=O)NC(C(C)(C)C)=C2C#N)ccc1OCc1ccccc1Cl. The zero-order chi connectivity index (χ0) is 21.9. The molecule has 2 aromatic carbocycles. The second kappa shape index (κ2) is 8.68. The average Bonchev–Trinajstić information content (AvgIpc) is 2.71. The zero-order valence-corrected chi connectivity index (χ0v) is 18.1. The Balaban J connectivity index is 1.93. The number of methoxy groups -OCH3 is 1. The number of halogens is 1.